The molecule has 2 N–H and O–H groups in total. The molecule has 0 spiro atoms. The number of benzene rings is 2. The zero-order chi connectivity index (χ0) is 15.7. The van der Waals surface area contributed by atoms with Crippen LogP contribution in [0.5, 0.6) is 11.5 Å². The van der Waals surface area contributed by atoms with Crippen LogP contribution in [0, 0.1) is 0 Å². The Labute approximate surface area is 136 Å². The van der Waals surface area contributed by atoms with E-state index in [0.29, 0.717) is 17.1 Å². The summed E-state index contributed by atoms with van der Waals surface area (Å²) in [6.07, 6.45) is -0.319. The third kappa shape index (κ3) is 2.39. The van der Waals surface area contributed by atoms with Gasteiger partial charge in [0.25, 0.3) is 5.91 Å². The highest BCUT2D eigenvalue weighted by Crippen LogP contribution is 2.39. The van der Waals surface area contributed by atoms with Crippen molar-refractivity contribution in [3.8, 4) is 11.5 Å². The maximum atomic E-state index is 12.3. The molecule has 22 heavy (non-hydrogen) atoms. The average molecular weight is 363 g/mol. The predicted molar refractivity (Wildman–Crippen MR) is 87.5 cm³/mol. The number of carbonyl (C=O) groups excluding carboxylic acids is 1. The second kappa shape index (κ2) is 5.88. The van der Waals surface area contributed by atoms with Gasteiger partial charge in [-0.2, -0.15) is 0 Å². The first kappa shape index (κ1) is 14.7. The average Bonchev–Trinajstić information content (AvgIpc) is 2.85. The Balaban J connectivity index is 2.00. The molecule has 1 amide bonds. The first-order valence-corrected chi connectivity index (χ1v) is 7.51. The minimum Gasteiger partial charge on any atom is -0.493 e. The quantitative estimate of drug-likeness (QED) is 0.875. The summed E-state index contributed by atoms with van der Waals surface area (Å²) in [5, 5.41) is 6.22. The molecule has 2 aromatic rings. The number of halogens is 1. The number of hydrogen-bond donors (Lipinski definition) is 2. The van der Waals surface area contributed by atoms with E-state index < -0.39 is 0 Å². The summed E-state index contributed by atoms with van der Waals surface area (Å²) in [6.45, 7) is 0. The van der Waals surface area contributed by atoms with Crippen molar-refractivity contribution >= 4 is 27.5 Å². The van der Waals surface area contributed by atoms with E-state index in [1.54, 1.807) is 13.2 Å². The second-order valence-corrected chi connectivity index (χ2v) is 5.65. The molecular weight excluding hydrogens is 348 g/mol. The van der Waals surface area contributed by atoms with Crippen molar-refractivity contribution < 1.29 is 14.3 Å². The van der Waals surface area contributed by atoms with Gasteiger partial charge in [0.2, 0.25) is 0 Å². The van der Waals surface area contributed by atoms with Crippen LogP contribution < -0.4 is 20.1 Å². The van der Waals surface area contributed by atoms with Crippen LogP contribution in [0.1, 0.15) is 22.1 Å². The summed E-state index contributed by atoms with van der Waals surface area (Å²) in [4.78, 5) is 12.3. The van der Waals surface area contributed by atoms with Gasteiger partial charge in [-0.25, -0.2) is 0 Å². The first-order chi connectivity index (χ1) is 10.7. The van der Waals surface area contributed by atoms with Gasteiger partial charge in [0.15, 0.2) is 11.5 Å². The van der Waals surface area contributed by atoms with E-state index in [1.807, 2.05) is 30.3 Å². The molecule has 0 radical (unpaired) electrons. The number of amides is 1. The van der Waals surface area contributed by atoms with Crippen LogP contribution in [0.25, 0.3) is 0 Å². The molecule has 0 aromatic heterocycles. The fourth-order valence-corrected chi connectivity index (χ4v) is 2.94. The maximum absolute atomic E-state index is 12.3. The Hall–Kier alpha value is -2.21. The molecule has 6 heteroatoms. The molecule has 0 bridgehead atoms. The van der Waals surface area contributed by atoms with Crippen molar-refractivity contribution in [1.82, 2.24) is 5.32 Å². The number of ether oxygens (including phenoxy) is 2. The van der Waals surface area contributed by atoms with Crippen molar-refractivity contribution in [3.63, 3.8) is 0 Å². The molecule has 1 aliphatic heterocycles. The predicted octanol–water partition coefficient (Wildman–Crippen LogP) is 3.32. The third-order valence-corrected chi connectivity index (χ3v) is 4.26. The summed E-state index contributed by atoms with van der Waals surface area (Å²) in [5.74, 6) is 0.808. The number of para-hydroxylation sites is 1. The monoisotopic (exact) mass is 362 g/mol. The van der Waals surface area contributed by atoms with Crippen molar-refractivity contribution in [2.45, 2.75) is 6.17 Å². The van der Waals surface area contributed by atoms with Gasteiger partial charge in [-0.3, -0.25) is 4.79 Å². The fourth-order valence-electron chi connectivity index (χ4n) is 2.55. The van der Waals surface area contributed by atoms with E-state index >= 15 is 0 Å². The van der Waals surface area contributed by atoms with E-state index in [-0.39, 0.29) is 12.1 Å². The lowest BCUT2D eigenvalue weighted by molar-refractivity contribution is 0.0956. The number of anilines is 1. The van der Waals surface area contributed by atoms with Crippen LogP contribution in [-0.4, -0.2) is 20.1 Å². The summed E-state index contributed by atoms with van der Waals surface area (Å²) < 4.78 is 11.5. The highest BCUT2D eigenvalue weighted by molar-refractivity contribution is 9.10. The minimum atomic E-state index is -0.319. The number of nitrogens with one attached hydrogen (secondary N) is 2. The van der Waals surface area contributed by atoms with Gasteiger partial charge in [0.05, 0.1) is 25.5 Å². The van der Waals surface area contributed by atoms with E-state index in [1.165, 1.54) is 7.11 Å². The summed E-state index contributed by atoms with van der Waals surface area (Å²) >= 11 is 3.49. The molecule has 0 unspecified atom stereocenters. The Morgan fingerprint density at radius 2 is 1.91 bits per heavy atom. The molecule has 1 atom stereocenters. The smallest absolute Gasteiger partial charge is 0.257 e. The van der Waals surface area contributed by atoms with Gasteiger partial charge in [-0.05, 0) is 34.1 Å². The van der Waals surface area contributed by atoms with Crippen LogP contribution in [0.3, 0.4) is 0 Å². The zero-order valence-electron chi connectivity index (χ0n) is 12.1. The van der Waals surface area contributed by atoms with Crippen LogP contribution in [0.2, 0.25) is 0 Å². The molecule has 0 aliphatic carbocycles. The zero-order valence-corrected chi connectivity index (χ0v) is 13.7. The standard InChI is InChI=1S/C16H15BrN2O3/c1-21-12-8-7-9-13(14(12)22-2)16(20)19-15(9)18-11-6-4-3-5-10(11)17/h3-8,15,18H,1-2H3,(H,19,20)/t15-/m1/s1. The number of rotatable bonds is 4. The summed E-state index contributed by atoms with van der Waals surface area (Å²) in [5.41, 5.74) is 2.24. The van der Waals surface area contributed by atoms with E-state index in [9.17, 15) is 4.79 Å². The van der Waals surface area contributed by atoms with Crippen molar-refractivity contribution in [3.05, 3.63) is 52.0 Å². The lowest BCUT2D eigenvalue weighted by Gasteiger charge is -2.17. The lowest BCUT2D eigenvalue weighted by atomic mass is 10.1. The summed E-state index contributed by atoms with van der Waals surface area (Å²) in [6, 6.07) is 11.4. The molecule has 114 valence electrons. The van der Waals surface area contributed by atoms with Crippen LogP contribution >= 0.6 is 15.9 Å². The van der Waals surface area contributed by atoms with Crippen molar-refractivity contribution in [1.29, 1.82) is 0 Å². The van der Waals surface area contributed by atoms with Gasteiger partial charge in [-0.15, -0.1) is 0 Å². The van der Waals surface area contributed by atoms with Crippen molar-refractivity contribution in [2.75, 3.05) is 19.5 Å². The van der Waals surface area contributed by atoms with E-state index in [2.05, 4.69) is 26.6 Å². The molecular formula is C16H15BrN2O3. The minimum absolute atomic E-state index is 0.185. The highest BCUT2D eigenvalue weighted by atomic mass is 79.9. The Bertz CT molecular complexity index is 733. The molecule has 1 heterocycles. The van der Waals surface area contributed by atoms with E-state index in [4.69, 9.17) is 9.47 Å². The third-order valence-electron chi connectivity index (χ3n) is 3.57. The van der Waals surface area contributed by atoms with Gasteiger partial charge in [-0.1, -0.05) is 18.2 Å². The SMILES string of the molecule is COc1ccc2c(c1OC)C(=O)N[C@H]2Nc1ccccc1Br. The number of hydrogen-bond acceptors (Lipinski definition) is 4. The van der Waals surface area contributed by atoms with Crippen LogP contribution in [0.15, 0.2) is 40.9 Å². The Morgan fingerprint density at radius 3 is 2.59 bits per heavy atom. The van der Waals surface area contributed by atoms with Crippen LogP contribution in [-0.2, 0) is 0 Å². The lowest BCUT2D eigenvalue weighted by Crippen LogP contribution is -2.25. The van der Waals surface area contributed by atoms with Gasteiger partial charge in [0.1, 0.15) is 6.17 Å². The Morgan fingerprint density at radius 1 is 1.14 bits per heavy atom. The maximum Gasteiger partial charge on any atom is 0.257 e. The van der Waals surface area contributed by atoms with Crippen LogP contribution in [0.4, 0.5) is 5.69 Å². The fraction of sp³-hybridized carbons (Fsp3) is 0.188. The molecule has 0 saturated heterocycles. The molecule has 1 aliphatic rings. The van der Waals surface area contributed by atoms with Gasteiger partial charge < -0.3 is 20.1 Å². The van der Waals surface area contributed by atoms with Gasteiger partial charge in [0, 0.05) is 10.0 Å². The topological polar surface area (TPSA) is 59.6 Å². The molecule has 5 nitrogen and oxygen atoms in total. The van der Waals surface area contributed by atoms with Crippen molar-refractivity contribution in [2.24, 2.45) is 0 Å². The highest BCUT2D eigenvalue weighted by Gasteiger charge is 2.33. The first-order valence-electron chi connectivity index (χ1n) is 6.72. The van der Waals surface area contributed by atoms with Gasteiger partial charge >= 0.3 is 0 Å². The second-order valence-electron chi connectivity index (χ2n) is 4.80. The normalized spacial score (nSPS) is 16.0. The van der Waals surface area contributed by atoms with E-state index in [0.717, 1.165) is 15.7 Å². The number of carbonyl (C=O) groups is 1. The molecule has 3 rings (SSSR count). The largest absolute Gasteiger partial charge is 0.493 e. The Kier molecular flexibility index (Phi) is 3.94. The number of fused-ring (bicyclic) bond motifs is 1. The number of methoxy groups -OCH3 is 2. The summed E-state index contributed by atoms with van der Waals surface area (Å²) in [7, 11) is 3.08. The molecule has 0 fully saturated rings. The molecule has 2 aromatic carbocycles. The molecule has 0 saturated carbocycles.